The standard InChI is InChI=1S/C25H42O3S/c1-18(2)12-10-9-11-13-28-22(26)25(27,29)17-19-14-20(23(3,4)5)16-21(15-19)24(6,7)8/h14-16,18,27,29H,9-13,17H2,1-8H3. The first-order valence-electron chi connectivity index (χ1n) is 10.9. The molecule has 166 valence electrons. The molecule has 0 heterocycles. The zero-order chi connectivity index (χ0) is 22.5. The smallest absolute Gasteiger partial charge is 0.348 e. The molecule has 0 radical (unpaired) electrons. The molecule has 0 aliphatic carbocycles. The molecule has 29 heavy (non-hydrogen) atoms. The van der Waals surface area contributed by atoms with Crippen molar-refractivity contribution in [2.45, 2.75) is 103 Å². The van der Waals surface area contributed by atoms with E-state index in [1.54, 1.807) is 0 Å². The van der Waals surface area contributed by atoms with E-state index in [-0.39, 0.29) is 17.3 Å². The number of benzene rings is 1. The summed E-state index contributed by atoms with van der Waals surface area (Å²) in [5, 5.41) is 10.7. The highest BCUT2D eigenvalue weighted by Crippen LogP contribution is 2.32. The van der Waals surface area contributed by atoms with Gasteiger partial charge < -0.3 is 9.84 Å². The number of aliphatic hydroxyl groups is 1. The Kier molecular flexibility index (Phi) is 9.29. The van der Waals surface area contributed by atoms with Crippen molar-refractivity contribution in [3.05, 3.63) is 34.9 Å². The van der Waals surface area contributed by atoms with Crippen LogP contribution in [0.5, 0.6) is 0 Å². The maximum absolute atomic E-state index is 12.4. The summed E-state index contributed by atoms with van der Waals surface area (Å²) in [5.74, 6) is 0.0325. The van der Waals surface area contributed by atoms with Gasteiger partial charge in [-0.3, -0.25) is 0 Å². The number of carbonyl (C=O) groups excluding carboxylic acids is 1. The van der Waals surface area contributed by atoms with Crippen LogP contribution in [0.3, 0.4) is 0 Å². The molecule has 0 bridgehead atoms. The van der Waals surface area contributed by atoms with Crippen LogP contribution in [-0.2, 0) is 26.8 Å². The van der Waals surface area contributed by atoms with Crippen LogP contribution in [-0.4, -0.2) is 22.6 Å². The largest absolute Gasteiger partial charge is 0.463 e. The lowest BCUT2D eigenvalue weighted by Gasteiger charge is -2.28. The van der Waals surface area contributed by atoms with E-state index in [2.05, 4.69) is 86.2 Å². The Labute approximate surface area is 184 Å². The van der Waals surface area contributed by atoms with Gasteiger partial charge in [-0.15, -0.1) is 12.6 Å². The molecule has 0 saturated heterocycles. The third kappa shape index (κ3) is 9.13. The minimum atomic E-state index is -1.83. The molecule has 0 amide bonds. The third-order valence-electron chi connectivity index (χ3n) is 5.16. The topological polar surface area (TPSA) is 46.5 Å². The highest BCUT2D eigenvalue weighted by atomic mass is 32.1. The zero-order valence-corrected chi connectivity index (χ0v) is 20.7. The molecule has 0 fully saturated rings. The van der Waals surface area contributed by atoms with Gasteiger partial charge in [-0.25, -0.2) is 4.79 Å². The molecule has 4 heteroatoms. The van der Waals surface area contributed by atoms with Crippen LogP contribution in [0.25, 0.3) is 0 Å². The Balaban J connectivity index is 2.82. The fraction of sp³-hybridized carbons (Fsp3) is 0.720. The first kappa shape index (κ1) is 26.0. The number of hydrogen-bond donors (Lipinski definition) is 2. The van der Waals surface area contributed by atoms with Gasteiger partial charge in [0.1, 0.15) is 0 Å². The molecule has 1 N–H and O–H groups in total. The Morgan fingerprint density at radius 3 is 1.93 bits per heavy atom. The first-order chi connectivity index (χ1) is 13.1. The molecular formula is C25H42O3S. The van der Waals surface area contributed by atoms with Crippen molar-refractivity contribution in [2.24, 2.45) is 5.92 Å². The number of carbonyl (C=O) groups is 1. The number of hydrogen-bond acceptors (Lipinski definition) is 4. The molecule has 1 rings (SSSR count). The van der Waals surface area contributed by atoms with E-state index in [0.29, 0.717) is 12.5 Å². The van der Waals surface area contributed by atoms with Crippen molar-refractivity contribution in [3.63, 3.8) is 0 Å². The fourth-order valence-corrected chi connectivity index (χ4v) is 3.38. The van der Waals surface area contributed by atoms with Gasteiger partial charge in [0.25, 0.3) is 0 Å². The Morgan fingerprint density at radius 1 is 0.966 bits per heavy atom. The normalized spacial score (nSPS) is 14.7. The summed E-state index contributed by atoms with van der Waals surface area (Å²) in [7, 11) is 0. The van der Waals surface area contributed by atoms with E-state index in [1.807, 2.05) is 0 Å². The molecule has 0 spiro atoms. The van der Waals surface area contributed by atoms with Crippen molar-refractivity contribution in [1.29, 1.82) is 0 Å². The summed E-state index contributed by atoms with van der Waals surface area (Å²) in [6.45, 7) is 17.7. The maximum atomic E-state index is 12.4. The minimum absolute atomic E-state index is 0.0266. The number of unbranched alkanes of at least 4 members (excludes halogenated alkanes) is 2. The fourth-order valence-electron chi connectivity index (χ4n) is 3.13. The third-order valence-corrected chi connectivity index (χ3v) is 5.50. The van der Waals surface area contributed by atoms with Crippen molar-refractivity contribution < 1.29 is 14.6 Å². The van der Waals surface area contributed by atoms with Crippen LogP contribution in [0.4, 0.5) is 0 Å². The quantitative estimate of drug-likeness (QED) is 0.215. The molecule has 1 aromatic carbocycles. The monoisotopic (exact) mass is 422 g/mol. The van der Waals surface area contributed by atoms with Crippen molar-refractivity contribution in [3.8, 4) is 0 Å². The number of esters is 1. The molecular weight excluding hydrogens is 380 g/mol. The predicted octanol–water partition coefficient (Wildman–Crippen LogP) is 6.20. The van der Waals surface area contributed by atoms with Gasteiger partial charge in [0.2, 0.25) is 4.93 Å². The van der Waals surface area contributed by atoms with Gasteiger partial charge in [0, 0.05) is 6.42 Å². The lowest BCUT2D eigenvalue weighted by atomic mass is 9.79. The van der Waals surface area contributed by atoms with Gasteiger partial charge in [-0.2, -0.15) is 0 Å². The summed E-state index contributed by atoms with van der Waals surface area (Å²) in [5.41, 5.74) is 3.21. The molecule has 3 nitrogen and oxygen atoms in total. The second-order valence-electron chi connectivity index (χ2n) is 10.8. The van der Waals surface area contributed by atoms with Gasteiger partial charge in [0.15, 0.2) is 0 Å². The number of thiol groups is 1. The summed E-state index contributed by atoms with van der Waals surface area (Å²) in [6, 6.07) is 6.35. The molecule has 1 atom stereocenters. The van der Waals surface area contributed by atoms with E-state index in [0.717, 1.165) is 24.8 Å². The lowest BCUT2D eigenvalue weighted by molar-refractivity contribution is -0.156. The Hall–Kier alpha value is -1.00. The van der Waals surface area contributed by atoms with Gasteiger partial charge in [0.05, 0.1) is 6.61 Å². The average Bonchev–Trinajstić information content (AvgIpc) is 2.55. The van der Waals surface area contributed by atoms with E-state index in [4.69, 9.17) is 4.74 Å². The number of rotatable bonds is 9. The van der Waals surface area contributed by atoms with Crippen LogP contribution >= 0.6 is 12.6 Å². The average molecular weight is 423 g/mol. The highest BCUT2D eigenvalue weighted by Gasteiger charge is 2.34. The first-order valence-corrected chi connectivity index (χ1v) is 11.3. The summed E-state index contributed by atoms with van der Waals surface area (Å²) >= 11 is 4.26. The Bertz CT molecular complexity index is 631. The van der Waals surface area contributed by atoms with Crippen molar-refractivity contribution >= 4 is 18.6 Å². The van der Waals surface area contributed by atoms with Crippen LogP contribution in [0.1, 0.15) is 97.8 Å². The van der Waals surface area contributed by atoms with E-state index < -0.39 is 10.9 Å². The molecule has 0 saturated carbocycles. The Morgan fingerprint density at radius 2 is 1.48 bits per heavy atom. The van der Waals surface area contributed by atoms with Crippen LogP contribution in [0.2, 0.25) is 0 Å². The van der Waals surface area contributed by atoms with Crippen LogP contribution in [0, 0.1) is 5.92 Å². The second kappa shape index (κ2) is 10.3. The van der Waals surface area contributed by atoms with Crippen molar-refractivity contribution in [2.75, 3.05) is 6.61 Å². The molecule has 0 aliphatic rings. The van der Waals surface area contributed by atoms with E-state index in [9.17, 15) is 9.90 Å². The second-order valence-corrected chi connectivity index (χ2v) is 11.5. The van der Waals surface area contributed by atoms with Crippen LogP contribution in [0.15, 0.2) is 18.2 Å². The summed E-state index contributed by atoms with van der Waals surface area (Å²) < 4.78 is 5.32. The highest BCUT2D eigenvalue weighted by molar-refractivity contribution is 7.82. The predicted molar refractivity (Wildman–Crippen MR) is 126 cm³/mol. The molecule has 0 aromatic heterocycles. The van der Waals surface area contributed by atoms with E-state index >= 15 is 0 Å². The van der Waals surface area contributed by atoms with E-state index in [1.165, 1.54) is 17.5 Å². The summed E-state index contributed by atoms with van der Waals surface area (Å²) in [4.78, 5) is 10.6. The molecule has 0 aliphatic heterocycles. The maximum Gasteiger partial charge on any atom is 0.348 e. The molecule has 1 unspecified atom stereocenters. The zero-order valence-electron chi connectivity index (χ0n) is 19.8. The number of ether oxygens (including phenoxy) is 1. The van der Waals surface area contributed by atoms with Gasteiger partial charge >= 0.3 is 5.97 Å². The van der Waals surface area contributed by atoms with Gasteiger partial charge in [-0.05, 0) is 39.9 Å². The minimum Gasteiger partial charge on any atom is -0.463 e. The summed E-state index contributed by atoms with van der Waals surface area (Å²) in [6.07, 6.45) is 4.28. The van der Waals surface area contributed by atoms with Crippen LogP contribution < -0.4 is 0 Å². The molecule has 1 aromatic rings. The van der Waals surface area contributed by atoms with Crippen molar-refractivity contribution in [1.82, 2.24) is 0 Å². The van der Waals surface area contributed by atoms with Gasteiger partial charge in [-0.1, -0.05) is 92.9 Å². The SMILES string of the molecule is CC(C)CCCCCOC(=O)C(O)(S)Cc1cc(C(C)(C)C)cc(C(C)(C)C)c1. The lowest BCUT2D eigenvalue weighted by Crippen LogP contribution is -2.37.